The van der Waals surface area contributed by atoms with E-state index in [2.05, 4.69) is 0 Å². The van der Waals surface area contributed by atoms with Gasteiger partial charge >= 0.3 is 25.8 Å². The fraction of sp³-hybridized carbons (Fsp3) is 0. The van der Waals surface area contributed by atoms with Crippen molar-refractivity contribution in [1.82, 2.24) is 0 Å². The SMILES string of the molecule is O.O=S(=O)(O)O.[AlH2][Cl]. The zero-order chi connectivity index (χ0) is 6.50. The summed E-state index contributed by atoms with van der Waals surface area (Å²) in [6, 6.07) is 0. The van der Waals surface area contributed by atoms with Crippen molar-refractivity contribution in [2.75, 3.05) is 0 Å². The molecule has 0 aliphatic heterocycles. The van der Waals surface area contributed by atoms with Crippen LogP contribution in [0.2, 0.25) is 0 Å². The summed E-state index contributed by atoms with van der Waals surface area (Å²) < 4.78 is 31.6. The van der Waals surface area contributed by atoms with Gasteiger partial charge in [0.15, 0.2) is 0 Å². The summed E-state index contributed by atoms with van der Waals surface area (Å²) in [6.07, 6.45) is 0. The molecule has 0 aliphatic rings. The van der Waals surface area contributed by atoms with E-state index < -0.39 is 10.4 Å². The van der Waals surface area contributed by atoms with E-state index in [1.807, 2.05) is 0 Å². The van der Waals surface area contributed by atoms with Crippen LogP contribution in [-0.2, 0) is 10.4 Å². The van der Waals surface area contributed by atoms with Gasteiger partial charge in [0.2, 0.25) is 0 Å². The van der Waals surface area contributed by atoms with Crippen LogP contribution in [-0.4, -0.2) is 38.4 Å². The molecule has 0 fully saturated rings. The number of rotatable bonds is 0. The first-order valence-electron chi connectivity index (χ1n) is 1.08. The lowest BCUT2D eigenvalue weighted by Crippen LogP contribution is -1.89. The standard InChI is InChI=1S/Al.ClH.H2O4S.H2O.2H/c;;1-5(2,3)4;;;/h;1H;(H2,1,2,3,4);1H2;;/q+1;;;;;/p-1. The molecule has 52 valence electrons. The Morgan fingerprint density at radius 1 is 1.25 bits per heavy atom. The van der Waals surface area contributed by atoms with Crippen molar-refractivity contribution in [1.29, 1.82) is 0 Å². The molecule has 0 aliphatic carbocycles. The Morgan fingerprint density at radius 3 is 1.25 bits per heavy atom. The molecule has 0 spiro atoms. The molecule has 0 heterocycles. The largest absolute Gasteiger partial charge is 0.412 e. The first-order valence-corrected chi connectivity index (χ1v) is 5.50. The molecule has 8 heavy (non-hydrogen) atoms. The molecule has 0 radical (unpaired) electrons. The minimum absolute atomic E-state index is 0. The first-order chi connectivity index (χ1) is 3.00. The molecular formula is H6AlClO5S. The van der Waals surface area contributed by atoms with Gasteiger partial charge in [-0.15, -0.1) is 0 Å². The van der Waals surface area contributed by atoms with Crippen LogP contribution in [0.5, 0.6) is 0 Å². The molecule has 8 heteroatoms. The molecule has 5 nitrogen and oxygen atoms in total. The molecule has 0 amide bonds. The summed E-state index contributed by atoms with van der Waals surface area (Å²) in [6.45, 7) is 0. The molecule has 0 saturated heterocycles. The van der Waals surface area contributed by atoms with Gasteiger partial charge in [0.1, 0.15) is 0 Å². The maximum absolute atomic E-state index is 8.74. The van der Waals surface area contributed by atoms with Crippen LogP contribution in [0.3, 0.4) is 0 Å². The summed E-state index contributed by atoms with van der Waals surface area (Å²) in [4.78, 5) is 0. The van der Waals surface area contributed by atoms with Gasteiger partial charge in [0.25, 0.3) is 0 Å². The maximum Gasteiger partial charge on any atom is 0.394 e. The molecule has 0 bridgehead atoms. The van der Waals surface area contributed by atoms with Crippen molar-refractivity contribution >= 4 is 35.8 Å². The highest BCUT2D eigenvalue weighted by Gasteiger charge is 1.84. The van der Waals surface area contributed by atoms with E-state index in [1.54, 1.807) is 0 Å². The molecule has 0 aromatic rings. The summed E-state index contributed by atoms with van der Waals surface area (Å²) in [5.74, 6) is 0. The fourth-order valence-corrected chi connectivity index (χ4v) is 0. The van der Waals surface area contributed by atoms with Crippen LogP contribution < -0.4 is 0 Å². The normalized spacial score (nSPS) is 7.88. The molecule has 4 N–H and O–H groups in total. The van der Waals surface area contributed by atoms with Crippen molar-refractivity contribution in [2.45, 2.75) is 0 Å². The van der Waals surface area contributed by atoms with Gasteiger partial charge in [-0.3, -0.25) is 19.2 Å². The van der Waals surface area contributed by atoms with Crippen molar-refractivity contribution < 1.29 is 23.0 Å². The molecule has 0 rings (SSSR count). The summed E-state index contributed by atoms with van der Waals surface area (Å²) in [7, 11) is 0.111. The predicted molar refractivity (Wildman–Crippen MR) is 32.2 cm³/mol. The van der Waals surface area contributed by atoms with E-state index in [9.17, 15) is 0 Å². The monoisotopic (exact) mass is 180 g/mol. The van der Waals surface area contributed by atoms with Gasteiger partial charge in [-0.05, 0) is 0 Å². The second-order valence-corrected chi connectivity index (χ2v) is 1.34. The zero-order valence-corrected chi connectivity index (χ0v) is 7.57. The lowest BCUT2D eigenvalue weighted by Gasteiger charge is -1.68. The molecule has 0 saturated carbocycles. The van der Waals surface area contributed by atoms with Crippen LogP contribution in [0, 0.1) is 0 Å². The van der Waals surface area contributed by atoms with Crippen LogP contribution in [0.1, 0.15) is 0 Å². The molecular weight excluding hydrogens is 174 g/mol. The van der Waals surface area contributed by atoms with E-state index in [0.717, 1.165) is 15.4 Å². The fourth-order valence-electron chi connectivity index (χ4n) is 0. The smallest absolute Gasteiger partial charge is 0.394 e. The number of hydrogen-bond donors (Lipinski definition) is 2. The minimum atomic E-state index is -4.67. The Labute approximate surface area is 59.2 Å². The quantitative estimate of drug-likeness (QED) is 0.342. The molecule has 0 atom stereocenters. The molecule has 0 aromatic heterocycles. The van der Waals surface area contributed by atoms with Gasteiger partial charge in [-0.2, -0.15) is 8.42 Å². The lowest BCUT2D eigenvalue weighted by molar-refractivity contribution is 0.381. The van der Waals surface area contributed by atoms with Crippen molar-refractivity contribution in [3.8, 4) is 0 Å². The summed E-state index contributed by atoms with van der Waals surface area (Å²) >= 11 is 0.778. The third-order valence-electron chi connectivity index (χ3n) is 0. The van der Waals surface area contributed by atoms with Crippen LogP contribution >= 0.6 is 10.0 Å². The van der Waals surface area contributed by atoms with E-state index >= 15 is 0 Å². The van der Waals surface area contributed by atoms with Gasteiger partial charge in [0, 0.05) is 0 Å². The van der Waals surface area contributed by atoms with Crippen molar-refractivity contribution in [3.05, 3.63) is 0 Å². The second-order valence-electron chi connectivity index (χ2n) is 0.448. The Bertz CT molecular complexity index is 95.6. The van der Waals surface area contributed by atoms with Crippen LogP contribution in [0.4, 0.5) is 0 Å². The van der Waals surface area contributed by atoms with E-state index in [-0.39, 0.29) is 5.48 Å². The van der Waals surface area contributed by atoms with Crippen LogP contribution in [0.25, 0.3) is 0 Å². The second kappa shape index (κ2) is 7.65. The van der Waals surface area contributed by atoms with Gasteiger partial charge in [-0.25, -0.2) is 0 Å². The van der Waals surface area contributed by atoms with E-state index in [1.165, 1.54) is 0 Å². The van der Waals surface area contributed by atoms with E-state index in [4.69, 9.17) is 27.6 Å². The topological polar surface area (TPSA) is 106 Å². The van der Waals surface area contributed by atoms with Gasteiger partial charge < -0.3 is 5.48 Å². The Balaban J connectivity index is -0.0000000750. The third-order valence-corrected chi connectivity index (χ3v) is 0. The first kappa shape index (κ1) is 15.9. The minimum Gasteiger partial charge on any atom is -0.412 e. The van der Waals surface area contributed by atoms with Gasteiger partial charge in [-0.1, -0.05) is 0 Å². The highest BCUT2D eigenvalue weighted by Crippen LogP contribution is 1.59. The number of hydrogen-bond acceptors (Lipinski definition) is 2. The van der Waals surface area contributed by atoms with Gasteiger partial charge in [0.05, 0.1) is 0 Å². The maximum atomic E-state index is 8.74. The average molecular weight is 181 g/mol. The van der Waals surface area contributed by atoms with Crippen LogP contribution in [0.15, 0.2) is 0 Å². The summed E-state index contributed by atoms with van der Waals surface area (Å²) in [5, 5.41) is 0. The van der Waals surface area contributed by atoms with Crippen molar-refractivity contribution in [2.24, 2.45) is 0 Å². The Morgan fingerprint density at radius 2 is 1.25 bits per heavy atom. The lowest BCUT2D eigenvalue weighted by atomic mass is 15.8. The van der Waals surface area contributed by atoms with E-state index in [0.29, 0.717) is 0 Å². The highest BCUT2D eigenvalue weighted by molar-refractivity contribution is 7.79. The zero-order valence-electron chi connectivity index (χ0n) is 4.00. The Kier molecular flexibility index (Phi) is 15.2. The Hall–Kier alpha value is 0.652. The average Bonchev–Trinajstić information content (AvgIpc) is 1.36. The highest BCUT2D eigenvalue weighted by atomic mass is 35.6. The molecule has 0 aromatic carbocycles. The summed E-state index contributed by atoms with van der Waals surface area (Å²) in [5.41, 5.74) is 0. The molecule has 0 unspecified atom stereocenters. The van der Waals surface area contributed by atoms with Crippen molar-refractivity contribution in [3.63, 3.8) is 0 Å². The predicted octanol–water partition coefficient (Wildman–Crippen LogP) is -1.70. The third kappa shape index (κ3) is 499. The number of halogens is 1.